The number of carbonyl (C=O) groups excluding carboxylic acids is 4. The number of hydrogen-bond donors (Lipinski definition) is 3. The lowest BCUT2D eigenvalue weighted by Gasteiger charge is -2.30. The van der Waals surface area contributed by atoms with Crippen molar-refractivity contribution in [1.82, 2.24) is 30.2 Å². The van der Waals surface area contributed by atoms with Gasteiger partial charge in [0.25, 0.3) is 11.8 Å². The van der Waals surface area contributed by atoms with Crippen LogP contribution in [0.3, 0.4) is 0 Å². The van der Waals surface area contributed by atoms with Gasteiger partial charge in [-0.15, -0.1) is 0 Å². The maximum Gasteiger partial charge on any atom is 0.408 e. The summed E-state index contributed by atoms with van der Waals surface area (Å²) in [4.78, 5) is 66.5. The third-order valence-electron chi connectivity index (χ3n) is 10.8. The first-order valence-corrected chi connectivity index (χ1v) is 21.1. The van der Waals surface area contributed by atoms with E-state index in [1.54, 1.807) is 32.9 Å². The average molecular weight is 821 g/mol. The SMILES string of the molecule is CC(C)(C)OC(=O)N[C@H]1CCCCCC=C[C@@H]2C[C@@]2(C(=O)NS(=O)(=O)C2CC2)NC(=O)[C@@H]2C[C@@H](Oc3nc(-c4ccco4)nc4c3oc3ccc(F)cc34)CN2C1=O. The molecule has 5 atom stereocenters. The average Bonchev–Trinajstić information content (AvgIpc) is 3.95. The van der Waals surface area contributed by atoms with Crippen LogP contribution in [0.1, 0.15) is 78.6 Å². The fraction of sp³-hybridized carbons (Fsp3) is 0.500. The van der Waals surface area contributed by atoms with Gasteiger partial charge in [-0.3, -0.25) is 19.1 Å². The predicted octanol–water partition coefficient (Wildman–Crippen LogP) is 5.02. The number of halogens is 1. The van der Waals surface area contributed by atoms with Crippen molar-refractivity contribution in [1.29, 1.82) is 0 Å². The number of rotatable bonds is 7. The maximum absolute atomic E-state index is 14.6. The van der Waals surface area contributed by atoms with Gasteiger partial charge in [0.2, 0.25) is 27.4 Å². The Labute approximate surface area is 333 Å². The summed E-state index contributed by atoms with van der Waals surface area (Å²) in [6.07, 6.45) is 7.39. The van der Waals surface area contributed by atoms with Crippen LogP contribution in [-0.4, -0.2) is 88.2 Å². The van der Waals surface area contributed by atoms with Gasteiger partial charge >= 0.3 is 6.09 Å². The summed E-state index contributed by atoms with van der Waals surface area (Å²) < 4.78 is 66.0. The number of benzene rings is 1. The summed E-state index contributed by atoms with van der Waals surface area (Å²) in [5.74, 6) is -2.76. The molecule has 3 aromatic heterocycles. The molecular formula is C40H45FN6O10S. The van der Waals surface area contributed by atoms with E-state index in [1.807, 2.05) is 12.2 Å². The van der Waals surface area contributed by atoms with E-state index in [0.717, 1.165) is 12.8 Å². The molecule has 4 aliphatic rings. The molecule has 0 unspecified atom stereocenters. The van der Waals surface area contributed by atoms with Crippen molar-refractivity contribution in [3.8, 4) is 17.5 Å². The highest BCUT2D eigenvalue weighted by Crippen LogP contribution is 2.46. The number of ether oxygens (including phenoxy) is 2. The van der Waals surface area contributed by atoms with Crippen LogP contribution in [0.4, 0.5) is 9.18 Å². The summed E-state index contributed by atoms with van der Waals surface area (Å²) in [6, 6.07) is 4.96. The van der Waals surface area contributed by atoms with Crippen LogP contribution in [0.15, 0.2) is 57.6 Å². The highest BCUT2D eigenvalue weighted by molar-refractivity contribution is 7.91. The zero-order chi connectivity index (χ0) is 41.0. The van der Waals surface area contributed by atoms with Gasteiger partial charge in [-0.05, 0) is 89.6 Å². The molecule has 2 aliphatic carbocycles. The lowest BCUT2D eigenvalue weighted by molar-refractivity contribution is -0.141. The fourth-order valence-electron chi connectivity index (χ4n) is 7.64. The molecule has 2 saturated carbocycles. The Bertz CT molecular complexity index is 2410. The minimum Gasteiger partial charge on any atom is -0.470 e. The van der Waals surface area contributed by atoms with Crippen LogP contribution in [0.25, 0.3) is 33.7 Å². The van der Waals surface area contributed by atoms with E-state index in [4.69, 9.17) is 18.3 Å². The number of nitrogens with zero attached hydrogens (tertiary/aromatic N) is 3. The Hall–Kier alpha value is -5.52. The van der Waals surface area contributed by atoms with E-state index in [1.165, 1.54) is 29.4 Å². The first kappa shape index (κ1) is 39.3. The van der Waals surface area contributed by atoms with Crippen LogP contribution in [0.2, 0.25) is 0 Å². The van der Waals surface area contributed by atoms with Crippen molar-refractivity contribution in [3.05, 3.63) is 54.6 Å². The second-order valence-electron chi connectivity index (χ2n) is 16.4. The number of carbonyl (C=O) groups is 4. The van der Waals surface area contributed by atoms with E-state index in [2.05, 4.69) is 25.3 Å². The van der Waals surface area contributed by atoms with Gasteiger partial charge in [0.1, 0.15) is 46.2 Å². The third-order valence-corrected chi connectivity index (χ3v) is 12.6. The molecule has 0 bridgehead atoms. The lowest BCUT2D eigenvalue weighted by Crippen LogP contribution is -2.58. The van der Waals surface area contributed by atoms with Crippen molar-refractivity contribution in [2.45, 2.75) is 113 Å². The van der Waals surface area contributed by atoms with Crippen LogP contribution in [-0.2, 0) is 29.1 Å². The molecule has 2 aliphatic heterocycles. The van der Waals surface area contributed by atoms with E-state index in [0.29, 0.717) is 42.4 Å². The van der Waals surface area contributed by atoms with Gasteiger partial charge in [-0.1, -0.05) is 25.0 Å². The minimum absolute atomic E-state index is 0.0504. The summed E-state index contributed by atoms with van der Waals surface area (Å²) in [7, 11) is -3.94. The Morgan fingerprint density at radius 3 is 2.64 bits per heavy atom. The standard InChI is InChI=1S/C40H45FN6O10S/c1-39(2,3)57-38(51)42-27-11-8-6-4-5-7-10-22-20-40(22,37(50)46-58(52,53)25-14-15-25)45-34(48)28-19-24(21-47(28)36(27)49)55-35-32-31(26-18-23(41)13-16-29(26)56-32)43-33(44-35)30-12-9-17-54-30/h7,9-10,12-13,16-18,22,24-25,27-28H,4-6,8,11,14-15,19-21H2,1-3H3,(H,42,51)(H,45,48)(H,46,50)/t22-,24-,27+,28+,40-/m1/s1. The molecule has 3 N–H and O–H groups in total. The summed E-state index contributed by atoms with van der Waals surface area (Å²) in [6.45, 7) is 4.95. The van der Waals surface area contributed by atoms with Crippen molar-refractivity contribution in [3.63, 3.8) is 0 Å². The fourth-order valence-corrected chi connectivity index (χ4v) is 9.01. The lowest BCUT2D eigenvalue weighted by atomic mass is 10.0. The number of alkyl carbamates (subject to hydrolysis) is 1. The Morgan fingerprint density at radius 2 is 1.90 bits per heavy atom. The van der Waals surface area contributed by atoms with E-state index < -0.39 is 80.2 Å². The van der Waals surface area contributed by atoms with E-state index in [9.17, 15) is 32.0 Å². The van der Waals surface area contributed by atoms with Gasteiger partial charge in [-0.25, -0.2) is 22.6 Å². The Morgan fingerprint density at radius 1 is 1.09 bits per heavy atom. The van der Waals surface area contributed by atoms with Crippen molar-refractivity contribution >= 4 is 55.9 Å². The second kappa shape index (κ2) is 15.0. The van der Waals surface area contributed by atoms with Gasteiger partial charge in [0.05, 0.1) is 18.1 Å². The molecule has 308 valence electrons. The Balaban J connectivity index is 1.14. The topological polar surface area (TPSA) is 212 Å². The highest BCUT2D eigenvalue weighted by atomic mass is 32.2. The first-order valence-electron chi connectivity index (χ1n) is 19.6. The molecule has 5 heterocycles. The van der Waals surface area contributed by atoms with Gasteiger partial charge in [0, 0.05) is 17.7 Å². The molecule has 4 aromatic rings. The number of hydrogen-bond acceptors (Lipinski definition) is 12. The third kappa shape index (κ3) is 8.11. The zero-order valence-corrected chi connectivity index (χ0v) is 33.1. The van der Waals surface area contributed by atoms with Gasteiger partial charge in [0.15, 0.2) is 11.6 Å². The quantitative estimate of drug-likeness (QED) is 0.210. The normalized spacial score (nSPS) is 25.6. The molecule has 8 rings (SSSR count). The number of aromatic nitrogens is 2. The number of fused-ring (bicyclic) bond motifs is 5. The van der Waals surface area contributed by atoms with Gasteiger partial charge in [-0.2, -0.15) is 4.98 Å². The van der Waals surface area contributed by atoms with E-state index in [-0.39, 0.29) is 48.6 Å². The number of allylic oxidation sites excluding steroid dienone is 1. The number of sulfonamides is 1. The van der Waals surface area contributed by atoms with Crippen LogP contribution >= 0.6 is 0 Å². The van der Waals surface area contributed by atoms with Crippen LogP contribution in [0.5, 0.6) is 5.88 Å². The molecule has 1 saturated heterocycles. The molecule has 1 aromatic carbocycles. The second-order valence-corrected chi connectivity index (χ2v) is 18.4. The number of furan rings is 2. The smallest absolute Gasteiger partial charge is 0.408 e. The zero-order valence-electron chi connectivity index (χ0n) is 32.3. The minimum atomic E-state index is -3.94. The molecule has 0 spiro atoms. The monoisotopic (exact) mass is 820 g/mol. The van der Waals surface area contributed by atoms with Crippen LogP contribution < -0.4 is 20.1 Å². The van der Waals surface area contributed by atoms with Crippen molar-refractivity contribution in [2.75, 3.05) is 6.54 Å². The number of amides is 4. The molecule has 4 amide bonds. The predicted molar refractivity (Wildman–Crippen MR) is 206 cm³/mol. The molecule has 16 nitrogen and oxygen atoms in total. The molecular weight excluding hydrogens is 776 g/mol. The summed E-state index contributed by atoms with van der Waals surface area (Å²) in [5.41, 5.74) is -1.76. The molecule has 18 heteroatoms. The van der Waals surface area contributed by atoms with Crippen molar-refractivity contribution < 1.29 is 50.3 Å². The molecule has 3 fully saturated rings. The highest BCUT2D eigenvalue weighted by Gasteiger charge is 2.62. The van der Waals surface area contributed by atoms with Crippen molar-refractivity contribution in [2.24, 2.45) is 5.92 Å². The molecule has 0 radical (unpaired) electrons. The summed E-state index contributed by atoms with van der Waals surface area (Å²) in [5, 5.41) is 5.25. The summed E-state index contributed by atoms with van der Waals surface area (Å²) >= 11 is 0. The van der Waals surface area contributed by atoms with E-state index >= 15 is 0 Å². The maximum atomic E-state index is 14.6. The first-order chi connectivity index (χ1) is 27.6. The molecule has 58 heavy (non-hydrogen) atoms. The Kier molecular flexibility index (Phi) is 10.2. The van der Waals surface area contributed by atoms with Crippen LogP contribution in [0, 0.1) is 11.7 Å². The number of nitrogens with one attached hydrogen (secondary N) is 3. The van der Waals surface area contributed by atoms with Gasteiger partial charge < -0.3 is 33.8 Å². The largest absolute Gasteiger partial charge is 0.470 e.